The second-order valence-electron chi connectivity index (χ2n) is 5.34. The van der Waals surface area contributed by atoms with Crippen molar-refractivity contribution in [3.63, 3.8) is 0 Å². The van der Waals surface area contributed by atoms with Crippen LogP contribution in [0.25, 0.3) is 11.1 Å². The molecule has 122 valence electrons. The summed E-state index contributed by atoms with van der Waals surface area (Å²) in [6.07, 6.45) is 1.12. The predicted molar refractivity (Wildman–Crippen MR) is 87.0 cm³/mol. The van der Waals surface area contributed by atoms with E-state index in [0.29, 0.717) is 16.7 Å². The molecule has 2 aromatic rings. The summed E-state index contributed by atoms with van der Waals surface area (Å²) in [5, 5.41) is 17.8. The third-order valence-corrected chi connectivity index (χ3v) is 4.65. The molecule has 0 radical (unpaired) electrons. The van der Waals surface area contributed by atoms with E-state index >= 15 is 0 Å². The van der Waals surface area contributed by atoms with Crippen LogP contribution >= 0.6 is 0 Å². The standard InChI is InChI=1S/C17H14FN3O2S/c1-24(22,23)17-5-4-11(6-14(17)9-19)12-2-3-13(16(18)8-12)7-15(21)10-20/h2-6,8,15H,7,21H2,1H3/t15-/m0/s1. The van der Waals surface area contributed by atoms with E-state index in [-0.39, 0.29) is 16.9 Å². The van der Waals surface area contributed by atoms with Gasteiger partial charge < -0.3 is 5.73 Å². The van der Waals surface area contributed by atoms with Crippen LogP contribution in [0, 0.1) is 28.5 Å². The van der Waals surface area contributed by atoms with Crippen molar-refractivity contribution < 1.29 is 12.8 Å². The normalized spacial score (nSPS) is 12.2. The SMILES string of the molecule is CS(=O)(=O)c1ccc(-c2ccc(C[C@H](N)C#N)c(F)c2)cc1C#N. The molecule has 0 heterocycles. The molecule has 0 bridgehead atoms. The smallest absolute Gasteiger partial charge is 0.176 e. The molecule has 0 unspecified atom stereocenters. The number of nitriles is 2. The Morgan fingerprint density at radius 2 is 1.79 bits per heavy atom. The van der Waals surface area contributed by atoms with E-state index in [1.165, 1.54) is 30.3 Å². The molecule has 2 rings (SSSR count). The maximum Gasteiger partial charge on any atom is 0.176 e. The zero-order valence-corrected chi connectivity index (χ0v) is 13.6. The number of hydrogen-bond acceptors (Lipinski definition) is 5. The minimum absolute atomic E-state index is 0.00554. The Labute approximate surface area is 139 Å². The number of rotatable bonds is 4. The Kier molecular flexibility index (Phi) is 4.99. The molecule has 24 heavy (non-hydrogen) atoms. The fraction of sp³-hybridized carbons (Fsp3) is 0.176. The van der Waals surface area contributed by atoms with Gasteiger partial charge in [0.1, 0.15) is 11.9 Å². The number of benzene rings is 2. The number of halogens is 1. The highest BCUT2D eigenvalue weighted by atomic mass is 32.2. The Morgan fingerprint density at radius 3 is 2.33 bits per heavy atom. The van der Waals surface area contributed by atoms with E-state index in [9.17, 15) is 12.8 Å². The van der Waals surface area contributed by atoms with Crippen LogP contribution in [0.15, 0.2) is 41.3 Å². The molecule has 0 aliphatic rings. The van der Waals surface area contributed by atoms with Crippen LogP contribution in [0.4, 0.5) is 4.39 Å². The third kappa shape index (κ3) is 3.77. The van der Waals surface area contributed by atoms with Crippen LogP contribution in [0.3, 0.4) is 0 Å². The van der Waals surface area contributed by atoms with Gasteiger partial charge in [-0.25, -0.2) is 12.8 Å². The van der Waals surface area contributed by atoms with Crippen molar-refractivity contribution in [2.45, 2.75) is 17.4 Å². The first kappa shape index (κ1) is 17.6. The van der Waals surface area contributed by atoms with E-state index < -0.39 is 21.7 Å². The Balaban J connectivity index is 2.45. The van der Waals surface area contributed by atoms with Gasteiger partial charge in [0.25, 0.3) is 0 Å². The first-order valence-electron chi connectivity index (χ1n) is 6.94. The first-order chi connectivity index (χ1) is 11.3. The van der Waals surface area contributed by atoms with E-state index in [4.69, 9.17) is 16.3 Å². The zero-order valence-electron chi connectivity index (χ0n) is 12.8. The van der Waals surface area contributed by atoms with Gasteiger partial charge in [0, 0.05) is 12.7 Å². The number of hydrogen-bond donors (Lipinski definition) is 1. The molecule has 0 aliphatic heterocycles. The monoisotopic (exact) mass is 343 g/mol. The van der Waals surface area contributed by atoms with Crippen LogP contribution in [0.5, 0.6) is 0 Å². The van der Waals surface area contributed by atoms with Crippen molar-refractivity contribution in [1.82, 2.24) is 0 Å². The molecule has 0 saturated heterocycles. The minimum atomic E-state index is -3.52. The van der Waals surface area contributed by atoms with E-state index in [1.54, 1.807) is 6.07 Å². The van der Waals surface area contributed by atoms with Crippen molar-refractivity contribution in [3.8, 4) is 23.3 Å². The number of sulfone groups is 1. The van der Waals surface area contributed by atoms with Crippen molar-refractivity contribution in [1.29, 1.82) is 10.5 Å². The maximum atomic E-state index is 14.2. The quantitative estimate of drug-likeness (QED) is 0.915. The van der Waals surface area contributed by atoms with E-state index in [2.05, 4.69) is 0 Å². The first-order valence-corrected chi connectivity index (χ1v) is 8.83. The highest BCUT2D eigenvalue weighted by Crippen LogP contribution is 2.26. The highest BCUT2D eigenvalue weighted by molar-refractivity contribution is 7.90. The third-order valence-electron chi connectivity index (χ3n) is 3.49. The molecule has 0 fully saturated rings. The van der Waals surface area contributed by atoms with Crippen LogP contribution in [0.2, 0.25) is 0 Å². The summed E-state index contributed by atoms with van der Waals surface area (Å²) in [7, 11) is -3.52. The molecular weight excluding hydrogens is 329 g/mol. The lowest BCUT2D eigenvalue weighted by atomic mass is 9.99. The van der Waals surface area contributed by atoms with Gasteiger partial charge in [-0.3, -0.25) is 0 Å². The van der Waals surface area contributed by atoms with Crippen LogP contribution < -0.4 is 5.73 Å². The molecule has 0 spiro atoms. The molecule has 0 amide bonds. The lowest BCUT2D eigenvalue weighted by Crippen LogP contribution is -2.20. The molecule has 0 aliphatic carbocycles. The van der Waals surface area contributed by atoms with Crippen molar-refractivity contribution >= 4 is 9.84 Å². The molecule has 0 aromatic heterocycles. The van der Waals surface area contributed by atoms with Crippen LogP contribution in [-0.2, 0) is 16.3 Å². The number of nitrogens with zero attached hydrogens (tertiary/aromatic N) is 2. The highest BCUT2D eigenvalue weighted by Gasteiger charge is 2.15. The van der Waals surface area contributed by atoms with Crippen LogP contribution in [0.1, 0.15) is 11.1 Å². The Bertz CT molecular complexity index is 972. The summed E-state index contributed by atoms with van der Waals surface area (Å²) >= 11 is 0. The summed E-state index contributed by atoms with van der Waals surface area (Å²) in [5.41, 5.74) is 6.84. The summed E-state index contributed by atoms with van der Waals surface area (Å²) in [6, 6.07) is 11.6. The maximum absolute atomic E-state index is 14.2. The fourth-order valence-corrected chi connectivity index (χ4v) is 3.11. The molecular formula is C17H14FN3O2S. The largest absolute Gasteiger partial charge is 0.316 e. The lowest BCUT2D eigenvalue weighted by molar-refractivity contribution is 0.601. The minimum Gasteiger partial charge on any atom is -0.316 e. The summed E-state index contributed by atoms with van der Waals surface area (Å²) < 4.78 is 37.4. The van der Waals surface area contributed by atoms with Gasteiger partial charge in [0.2, 0.25) is 0 Å². The second-order valence-corrected chi connectivity index (χ2v) is 7.32. The Hall–Kier alpha value is -2.74. The molecule has 0 saturated carbocycles. The van der Waals surface area contributed by atoms with Gasteiger partial charge in [0.15, 0.2) is 9.84 Å². The van der Waals surface area contributed by atoms with Gasteiger partial charge in [-0.05, 0) is 34.9 Å². The average molecular weight is 343 g/mol. The van der Waals surface area contributed by atoms with Gasteiger partial charge in [0.05, 0.1) is 22.6 Å². The fourth-order valence-electron chi connectivity index (χ4n) is 2.30. The summed E-state index contributed by atoms with van der Waals surface area (Å²) in [6.45, 7) is 0. The van der Waals surface area contributed by atoms with Gasteiger partial charge >= 0.3 is 0 Å². The van der Waals surface area contributed by atoms with Crippen molar-refractivity contribution in [2.75, 3.05) is 6.26 Å². The van der Waals surface area contributed by atoms with E-state index in [0.717, 1.165) is 6.26 Å². The lowest BCUT2D eigenvalue weighted by Gasteiger charge is -2.09. The average Bonchev–Trinajstić information content (AvgIpc) is 2.55. The Morgan fingerprint density at radius 1 is 1.17 bits per heavy atom. The number of nitrogens with two attached hydrogens (primary N) is 1. The van der Waals surface area contributed by atoms with Gasteiger partial charge in [-0.15, -0.1) is 0 Å². The van der Waals surface area contributed by atoms with Crippen LogP contribution in [-0.4, -0.2) is 20.7 Å². The topological polar surface area (TPSA) is 108 Å². The molecule has 2 aromatic carbocycles. The summed E-state index contributed by atoms with van der Waals surface area (Å²) in [4.78, 5) is -0.0640. The van der Waals surface area contributed by atoms with Gasteiger partial charge in [-0.1, -0.05) is 18.2 Å². The zero-order chi connectivity index (χ0) is 17.9. The van der Waals surface area contributed by atoms with Crippen molar-refractivity contribution in [3.05, 3.63) is 53.3 Å². The van der Waals surface area contributed by atoms with Crippen molar-refractivity contribution in [2.24, 2.45) is 5.73 Å². The summed E-state index contributed by atoms with van der Waals surface area (Å²) in [5.74, 6) is -0.510. The van der Waals surface area contributed by atoms with E-state index in [1.807, 2.05) is 12.1 Å². The molecule has 1 atom stereocenters. The predicted octanol–water partition coefficient (Wildman–Crippen LogP) is 2.16. The second kappa shape index (κ2) is 6.79. The molecule has 5 nitrogen and oxygen atoms in total. The van der Waals surface area contributed by atoms with Gasteiger partial charge in [-0.2, -0.15) is 10.5 Å². The molecule has 7 heteroatoms. The molecule has 2 N–H and O–H groups in total.